The first-order valence-corrected chi connectivity index (χ1v) is 6.68. The fraction of sp³-hybridized carbons (Fsp3) is 0.533. The van der Waals surface area contributed by atoms with Crippen molar-refractivity contribution in [2.45, 2.75) is 33.1 Å². The predicted molar refractivity (Wildman–Crippen MR) is 76.7 cm³/mol. The quantitative estimate of drug-likeness (QED) is 0.900. The van der Waals surface area contributed by atoms with Crippen molar-refractivity contribution in [2.75, 3.05) is 6.54 Å². The zero-order chi connectivity index (χ0) is 13.3. The van der Waals surface area contributed by atoms with Gasteiger partial charge in [0.05, 0.1) is 11.0 Å². The van der Waals surface area contributed by atoms with Crippen molar-refractivity contribution in [1.82, 2.24) is 9.55 Å². The molecule has 0 aliphatic carbocycles. The predicted octanol–water partition coefficient (Wildman–Crippen LogP) is 2.83. The lowest BCUT2D eigenvalue weighted by Gasteiger charge is -2.09. The van der Waals surface area contributed by atoms with E-state index in [2.05, 4.69) is 50.6 Å². The molecule has 0 aliphatic rings. The first-order valence-electron chi connectivity index (χ1n) is 6.68. The summed E-state index contributed by atoms with van der Waals surface area (Å²) in [5, 5.41) is 0. The van der Waals surface area contributed by atoms with Crippen molar-refractivity contribution in [3.63, 3.8) is 0 Å². The van der Waals surface area contributed by atoms with Crippen LogP contribution in [0, 0.1) is 5.92 Å². The van der Waals surface area contributed by atoms with Crippen LogP contribution in [0.1, 0.15) is 38.1 Å². The molecule has 0 spiro atoms. The van der Waals surface area contributed by atoms with E-state index < -0.39 is 0 Å². The minimum Gasteiger partial charge on any atom is -0.331 e. The molecule has 0 bridgehead atoms. The van der Waals surface area contributed by atoms with Gasteiger partial charge in [-0.3, -0.25) is 0 Å². The minimum atomic E-state index is 0.401. The van der Waals surface area contributed by atoms with Gasteiger partial charge in [-0.15, -0.1) is 0 Å². The molecule has 0 amide bonds. The van der Waals surface area contributed by atoms with E-state index in [0.717, 1.165) is 17.8 Å². The molecule has 1 aromatic carbocycles. The van der Waals surface area contributed by atoms with Crippen molar-refractivity contribution in [3.8, 4) is 0 Å². The van der Waals surface area contributed by atoms with Crippen molar-refractivity contribution in [2.24, 2.45) is 18.7 Å². The lowest BCUT2D eigenvalue weighted by Crippen LogP contribution is -2.08. The summed E-state index contributed by atoms with van der Waals surface area (Å²) < 4.78 is 2.21. The van der Waals surface area contributed by atoms with Crippen LogP contribution in [-0.2, 0) is 13.5 Å². The van der Waals surface area contributed by atoms with E-state index >= 15 is 0 Å². The van der Waals surface area contributed by atoms with Crippen LogP contribution in [0.2, 0.25) is 0 Å². The first kappa shape index (κ1) is 13.1. The topological polar surface area (TPSA) is 43.8 Å². The maximum absolute atomic E-state index is 5.73. The highest BCUT2D eigenvalue weighted by Gasteiger charge is 2.11. The normalized spacial score (nSPS) is 13.4. The molecule has 0 fully saturated rings. The minimum absolute atomic E-state index is 0.401. The van der Waals surface area contributed by atoms with Gasteiger partial charge < -0.3 is 10.3 Å². The second kappa shape index (κ2) is 5.11. The van der Waals surface area contributed by atoms with E-state index in [1.807, 2.05) is 0 Å². The molecule has 3 heteroatoms. The second-order valence-corrected chi connectivity index (χ2v) is 5.57. The molecule has 0 aliphatic heterocycles. The number of rotatable bonds is 4. The number of nitrogens with zero attached hydrogens (tertiary/aromatic N) is 2. The lowest BCUT2D eigenvalue weighted by atomic mass is 10.0. The lowest BCUT2D eigenvalue weighted by molar-refractivity contribution is 0.606. The maximum atomic E-state index is 5.73. The molecule has 1 aromatic heterocycles. The number of hydrogen-bond acceptors (Lipinski definition) is 2. The van der Waals surface area contributed by atoms with Gasteiger partial charge in [-0.2, -0.15) is 0 Å². The third-order valence-corrected chi connectivity index (χ3v) is 3.51. The smallest absolute Gasteiger partial charge is 0.109 e. The van der Waals surface area contributed by atoms with Gasteiger partial charge in [0, 0.05) is 13.5 Å². The molecular formula is C15H23N3. The molecule has 0 radical (unpaired) electrons. The number of imidazole rings is 1. The molecule has 0 saturated heterocycles. The zero-order valence-electron chi connectivity index (χ0n) is 11.8. The summed E-state index contributed by atoms with van der Waals surface area (Å²) >= 11 is 0. The summed E-state index contributed by atoms with van der Waals surface area (Å²) in [5.41, 5.74) is 9.33. The molecule has 98 valence electrons. The molecule has 18 heavy (non-hydrogen) atoms. The number of benzene rings is 1. The Morgan fingerprint density at radius 1 is 1.28 bits per heavy atom. The number of hydrogen-bond donors (Lipinski definition) is 1. The van der Waals surface area contributed by atoms with Gasteiger partial charge in [0.25, 0.3) is 0 Å². The Labute approximate surface area is 109 Å². The Morgan fingerprint density at radius 3 is 2.61 bits per heavy atom. The van der Waals surface area contributed by atoms with Crippen molar-refractivity contribution < 1.29 is 0 Å². The summed E-state index contributed by atoms with van der Waals surface area (Å²) in [6.45, 7) is 7.29. The fourth-order valence-electron chi connectivity index (χ4n) is 2.25. The molecule has 1 atom stereocenters. The van der Waals surface area contributed by atoms with Crippen LogP contribution in [-0.4, -0.2) is 16.1 Å². The van der Waals surface area contributed by atoms with E-state index in [0.29, 0.717) is 18.4 Å². The van der Waals surface area contributed by atoms with Crippen molar-refractivity contribution in [3.05, 3.63) is 29.6 Å². The van der Waals surface area contributed by atoms with Gasteiger partial charge in [-0.1, -0.05) is 26.8 Å². The SMILES string of the molecule is CC(C)Cc1nc2ccc(C(C)CN)cc2n1C. The van der Waals surface area contributed by atoms with E-state index in [-0.39, 0.29) is 0 Å². The molecule has 0 saturated carbocycles. The molecule has 1 unspecified atom stereocenters. The molecule has 3 nitrogen and oxygen atoms in total. The Morgan fingerprint density at radius 2 is 2.00 bits per heavy atom. The first-order chi connectivity index (χ1) is 8.52. The number of aryl methyl sites for hydroxylation is 1. The third kappa shape index (κ3) is 2.41. The Balaban J connectivity index is 2.46. The highest BCUT2D eigenvalue weighted by atomic mass is 15.1. The van der Waals surface area contributed by atoms with Gasteiger partial charge in [-0.05, 0) is 36.1 Å². The van der Waals surface area contributed by atoms with Crippen LogP contribution >= 0.6 is 0 Å². The fourth-order valence-corrected chi connectivity index (χ4v) is 2.25. The summed E-state index contributed by atoms with van der Waals surface area (Å²) in [6.07, 6.45) is 1.02. The number of nitrogens with two attached hydrogens (primary N) is 1. The maximum Gasteiger partial charge on any atom is 0.109 e. The van der Waals surface area contributed by atoms with Gasteiger partial charge in [0.15, 0.2) is 0 Å². The van der Waals surface area contributed by atoms with Gasteiger partial charge in [0.2, 0.25) is 0 Å². The monoisotopic (exact) mass is 245 g/mol. The van der Waals surface area contributed by atoms with Crippen LogP contribution in [0.15, 0.2) is 18.2 Å². The third-order valence-electron chi connectivity index (χ3n) is 3.51. The van der Waals surface area contributed by atoms with E-state index in [4.69, 9.17) is 10.7 Å². The zero-order valence-corrected chi connectivity index (χ0v) is 11.8. The van der Waals surface area contributed by atoms with Gasteiger partial charge in [0.1, 0.15) is 5.82 Å². The standard InChI is InChI=1S/C15H23N3/c1-10(2)7-15-17-13-6-5-12(11(3)9-16)8-14(13)18(15)4/h5-6,8,10-11H,7,9,16H2,1-4H3. The van der Waals surface area contributed by atoms with Crippen molar-refractivity contribution >= 4 is 11.0 Å². The molecule has 2 rings (SSSR count). The number of aromatic nitrogens is 2. The van der Waals surface area contributed by atoms with Gasteiger partial charge in [-0.25, -0.2) is 4.98 Å². The van der Waals surface area contributed by atoms with Crippen LogP contribution in [0.3, 0.4) is 0 Å². The number of fused-ring (bicyclic) bond motifs is 1. The second-order valence-electron chi connectivity index (χ2n) is 5.57. The largest absolute Gasteiger partial charge is 0.331 e. The summed E-state index contributed by atoms with van der Waals surface area (Å²) in [7, 11) is 2.10. The van der Waals surface area contributed by atoms with Crippen molar-refractivity contribution in [1.29, 1.82) is 0 Å². The molecular weight excluding hydrogens is 222 g/mol. The summed E-state index contributed by atoms with van der Waals surface area (Å²) in [6, 6.07) is 6.48. The van der Waals surface area contributed by atoms with E-state index in [1.54, 1.807) is 0 Å². The summed E-state index contributed by atoms with van der Waals surface area (Å²) in [4.78, 5) is 4.71. The van der Waals surface area contributed by atoms with E-state index in [9.17, 15) is 0 Å². The molecule has 1 heterocycles. The van der Waals surface area contributed by atoms with Crippen LogP contribution < -0.4 is 5.73 Å². The van der Waals surface area contributed by atoms with Crippen LogP contribution in [0.5, 0.6) is 0 Å². The van der Waals surface area contributed by atoms with Crippen LogP contribution in [0.4, 0.5) is 0 Å². The van der Waals surface area contributed by atoms with Gasteiger partial charge >= 0.3 is 0 Å². The van der Waals surface area contributed by atoms with E-state index in [1.165, 1.54) is 11.1 Å². The highest BCUT2D eigenvalue weighted by Crippen LogP contribution is 2.22. The Bertz CT molecular complexity index is 540. The van der Waals surface area contributed by atoms with Crippen LogP contribution in [0.25, 0.3) is 11.0 Å². The average Bonchev–Trinajstić information content (AvgIpc) is 2.64. The molecule has 2 aromatic rings. The molecule has 2 N–H and O–H groups in total. The Hall–Kier alpha value is -1.35. The Kier molecular flexibility index (Phi) is 3.71. The average molecular weight is 245 g/mol. The highest BCUT2D eigenvalue weighted by molar-refractivity contribution is 5.77. The summed E-state index contributed by atoms with van der Waals surface area (Å²) in [5.74, 6) is 2.19.